The van der Waals surface area contributed by atoms with Crippen molar-refractivity contribution in [2.24, 2.45) is 0 Å². The van der Waals surface area contributed by atoms with Gasteiger partial charge in [-0.25, -0.2) is 0 Å². The van der Waals surface area contributed by atoms with Gasteiger partial charge in [-0.3, -0.25) is 14.9 Å². The molecule has 1 saturated heterocycles. The number of rotatable bonds is 6. The first kappa shape index (κ1) is 18.8. The Kier molecular flexibility index (Phi) is 6.03. The van der Waals surface area contributed by atoms with E-state index in [1.165, 1.54) is 17.0 Å². The van der Waals surface area contributed by atoms with Gasteiger partial charge in [0.2, 0.25) is 0 Å². The van der Waals surface area contributed by atoms with Gasteiger partial charge in [-0.1, -0.05) is 30.3 Å². The SMILES string of the molecule is C[C@@H](C(=O)NCc1ccccc1)[NH+]1CCN(c2ccc([N+](=O)[O-])cc2)CC1. The molecule has 0 aromatic heterocycles. The van der Waals surface area contributed by atoms with E-state index >= 15 is 0 Å². The molecule has 3 rings (SSSR count). The Morgan fingerprint density at radius 3 is 2.37 bits per heavy atom. The van der Waals surface area contributed by atoms with Crippen LogP contribution in [0.3, 0.4) is 0 Å². The second-order valence-electron chi connectivity index (χ2n) is 6.84. The summed E-state index contributed by atoms with van der Waals surface area (Å²) >= 11 is 0. The molecule has 0 spiro atoms. The minimum atomic E-state index is -0.387. The van der Waals surface area contributed by atoms with Crippen LogP contribution in [0.15, 0.2) is 54.6 Å². The zero-order valence-corrected chi connectivity index (χ0v) is 15.4. The summed E-state index contributed by atoms with van der Waals surface area (Å²) in [5.74, 6) is 0.0673. The maximum absolute atomic E-state index is 12.5. The van der Waals surface area contributed by atoms with E-state index in [9.17, 15) is 14.9 Å². The highest BCUT2D eigenvalue weighted by molar-refractivity contribution is 5.79. The zero-order chi connectivity index (χ0) is 19.2. The Morgan fingerprint density at radius 2 is 1.78 bits per heavy atom. The average Bonchev–Trinajstić information content (AvgIpc) is 2.72. The Morgan fingerprint density at radius 1 is 1.15 bits per heavy atom. The van der Waals surface area contributed by atoms with Crippen LogP contribution in [-0.4, -0.2) is 43.1 Å². The van der Waals surface area contributed by atoms with Crippen molar-refractivity contribution in [2.75, 3.05) is 31.1 Å². The summed E-state index contributed by atoms with van der Waals surface area (Å²) in [5.41, 5.74) is 2.18. The minimum Gasteiger partial charge on any atom is -0.360 e. The number of nitrogens with one attached hydrogen (secondary N) is 2. The van der Waals surface area contributed by atoms with Crippen LogP contribution in [0.1, 0.15) is 12.5 Å². The lowest BCUT2D eigenvalue weighted by atomic mass is 10.1. The van der Waals surface area contributed by atoms with E-state index in [4.69, 9.17) is 0 Å². The summed E-state index contributed by atoms with van der Waals surface area (Å²) in [6.07, 6.45) is 0. The van der Waals surface area contributed by atoms with Crippen molar-refractivity contribution >= 4 is 17.3 Å². The standard InChI is InChI=1S/C20H24N4O3/c1-16(20(25)21-15-17-5-3-2-4-6-17)22-11-13-23(14-12-22)18-7-9-19(10-8-18)24(26)27/h2-10,16H,11-15H2,1H3,(H,21,25)/p+1/t16-/m0/s1. The number of nitro benzene ring substituents is 1. The smallest absolute Gasteiger partial charge is 0.278 e. The Hall–Kier alpha value is -2.93. The lowest BCUT2D eigenvalue weighted by Crippen LogP contribution is -3.19. The molecule has 0 saturated carbocycles. The number of amides is 1. The molecule has 7 nitrogen and oxygen atoms in total. The third kappa shape index (κ3) is 4.83. The van der Waals surface area contributed by atoms with E-state index in [0.717, 1.165) is 37.4 Å². The molecule has 2 aromatic carbocycles. The molecular weight excluding hydrogens is 344 g/mol. The Balaban J connectivity index is 1.49. The lowest BCUT2D eigenvalue weighted by molar-refractivity contribution is -0.914. The summed E-state index contributed by atoms with van der Waals surface area (Å²) in [7, 11) is 0. The number of benzene rings is 2. The van der Waals surface area contributed by atoms with Crippen molar-refractivity contribution in [3.63, 3.8) is 0 Å². The maximum atomic E-state index is 12.5. The first-order valence-corrected chi connectivity index (χ1v) is 9.20. The highest BCUT2D eigenvalue weighted by Gasteiger charge is 2.29. The highest BCUT2D eigenvalue weighted by Crippen LogP contribution is 2.19. The third-order valence-electron chi connectivity index (χ3n) is 5.15. The highest BCUT2D eigenvalue weighted by atomic mass is 16.6. The van der Waals surface area contributed by atoms with Crippen molar-refractivity contribution in [1.82, 2.24) is 5.32 Å². The molecule has 1 heterocycles. The number of nitrogens with zero attached hydrogens (tertiary/aromatic N) is 2. The fraction of sp³-hybridized carbons (Fsp3) is 0.350. The van der Waals surface area contributed by atoms with Gasteiger partial charge in [0.15, 0.2) is 6.04 Å². The van der Waals surface area contributed by atoms with Crippen LogP contribution < -0.4 is 15.1 Å². The summed E-state index contributed by atoms with van der Waals surface area (Å²) in [6.45, 7) is 5.88. The summed E-state index contributed by atoms with van der Waals surface area (Å²) in [5, 5.41) is 13.8. The molecule has 1 fully saturated rings. The molecule has 27 heavy (non-hydrogen) atoms. The summed E-state index contributed by atoms with van der Waals surface area (Å²) in [4.78, 5) is 26.3. The number of hydrogen-bond acceptors (Lipinski definition) is 4. The number of carbonyl (C=O) groups excluding carboxylic acids is 1. The van der Waals surface area contributed by atoms with Crippen LogP contribution in [0.5, 0.6) is 0 Å². The van der Waals surface area contributed by atoms with Gasteiger partial charge in [-0.05, 0) is 24.6 Å². The normalized spacial score (nSPS) is 16.0. The van der Waals surface area contributed by atoms with Crippen LogP contribution >= 0.6 is 0 Å². The van der Waals surface area contributed by atoms with Crippen LogP contribution in [0, 0.1) is 10.1 Å². The van der Waals surface area contributed by atoms with E-state index in [1.54, 1.807) is 12.1 Å². The van der Waals surface area contributed by atoms with Gasteiger partial charge in [0, 0.05) is 24.4 Å². The molecule has 1 aliphatic rings. The van der Waals surface area contributed by atoms with Crippen LogP contribution in [0.4, 0.5) is 11.4 Å². The molecule has 2 N–H and O–H groups in total. The summed E-state index contributed by atoms with van der Waals surface area (Å²) in [6, 6.07) is 16.4. The number of carbonyl (C=O) groups is 1. The second kappa shape index (κ2) is 8.64. The van der Waals surface area contributed by atoms with Crippen LogP contribution in [-0.2, 0) is 11.3 Å². The van der Waals surface area contributed by atoms with E-state index < -0.39 is 0 Å². The number of anilines is 1. The lowest BCUT2D eigenvalue weighted by Gasteiger charge is -2.36. The molecule has 2 aromatic rings. The van der Waals surface area contributed by atoms with Gasteiger partial charge < -0.3 is 15.1 Å². The summed E-state index contributed by atoms with van der Waals surface area (Å²) < 4.78 is 0. The van der Waals surface area contributed by atoms with Gasteiger partial charge in [0.05, 0.1) is 31.1 Å². The zero-order valence-electron chi connectivity index (χ0n) is 15.4. The van der Waals surface area contributed by atoms with Crippen LogP contribution in [0.25, 0.3) is 0 Å². The van der Waals surface area contributed by atoms with Gasteiger partial charge in [0.25, 0.3) is 11.6 Å². The van der Waals surface area contributed by atoms with Gasteiger partial charge in [-0.2, -0.15) is 0 Å². The predicted octanol–water partition coefficient (Wildman–Crippen LogP) is 1.00. The first-order chi connectivity index (χ1) is 13.0. The number of hydrogen-bond donors (Lipinski definition) is 2. The number of non-ortho nitro benzene ring substituents is 1. The van der Waals surface area contributed by atoms with Crippen molar-refractivity contribution < 1.29 is 14.6 Å². The topological polar surface area (TPSA) is 79.9 Å². The molecule has 7 heteroatoms. The van der Waals surface area contributed by atoms with Crippen LogP contribution in [0.2, 0.25) is 0 Å². The first-order valence-electron chi connectivity index (χ1n) is 9.20. The molecule has 0 unspecified atom stereocenters. The Bertz CT molecular complexity index is 772. The Labute approximate surface area is 158 Å². The van der Waals surface area contributed by atoms with E-state index in [-0.39, 0.29) is 22.6 Å². The third-order valence-corrected chi connectivity index (χ3v) is 5.15. The second-order valence-corrected chi connectivity index (χ2v) is 6.84. The minimum absolute atomic E-state index is 0.0673. The largest absolute Gasteiger partial charge is 0.360 e. The predicted molar refractivity (Wildman–Crippen MR) is 104 cm³/mol. The van der Waals surface area contributed by atoms with Crippen molar-refractivity contribution in [3.05, 3.63) is 70.3 Å². The van der Waals surface area contributed by atoms with Gasteiger partial charge in [0.1, 0.15) is 0 Å². The van der Waals surface area contributed by atoms with Crippen molar-refractivity contribution in [1.29, 1.82) is 0 Å². The molecule has 1 amide bonds. The molecule has 1 atom stereocenters. The molecule has 0 radical (unpaired) electrons. The number of nitro groups is 1. The van der Waals surface area contributed by atoms with E-state index in [0.29, 0.717) is 6.54 Å². The molecule has 142 valence electrons. The molecule has 0 aliphatic carbocycles. The molecule has 1 aliphatic heterocycles. The quantitative estimate of drug-likeness (QED) is 0.588. The van der Waals surface area contributed by atoms with Crippen molar-refractivity contribution in [2.45, 2.75) is 19.5 Å². The number of quaternary nitrogens is 1. The van der Waals surface area contributed by atoms with E-state index in [1.807, 2.05) is 37.3 Å². The van der Waals surface area contributed by atoms with Gasteiger partial charge >= 0.3 is 0 Å². The molecular formula is C20H25N4O3+. The fourth-order valence-corrected chi connectivity index (χ4v) is 3.39. The fourth-order valence-electron chi connectivity index (χ4n) is 3.39. The number of piperazine rings is 1. The van der Waals surface area contributed by atoms with Crippen molar-refractivity contribution in [3.8, 4) is 0 Å². The van der Waals surface area contributed by atoms with Gasteiger partial charge in [-0.15, -0.1) is 0 Å². The monoisotopic (exact) mass is 369 g/mol. The van der Waals surface area contributed by atoms with E-state index in [2.05, 4.69) is 10.2 Å². The maximum Gasteiger partial charge on any atom is 0.278 e. The average molecular weight is 369 g/mol. The molecule has 0 bridgehead atoms.